The summed E-state index contributed by atoms with van der Waals surface area (Å²) >= 11 is 0. The summed E-state index contributed by atoms with van der Waals surface area (Å²) in [7, 11) is 1.54. The van der Waals surface area contributed by atoms with Crippen molar-refractivity contribution in [2.24, 2.45) is 17.6 Å². The molecule has 3 aliphatic heterocycles. The standard InChI is InChI=1S/C13H20N2O2.C12H17N3.C12H21N3.C11H16N2O.C9H16O2.C8H14O3.C7H7ClO2S.C5H8N2.B/c1-10-9-11(2)15(14-10)12-3-5-13(6-4-12)16-7-8-17-13;1-9-8-10(2)15(14-9)12-6-4-11(13-3)5-7-12;1-9-7-10(2)15(14-9)12-5-3-11(8-13)4-6-12;1-8-7-9(2)13(12-8)10-3-5-11(14)6-4-10;1-8-2-4-9(5-3-8)10-6-7-11-9;9-7-1-3-8(4-2-7)10-5-6-11-8;1-6-2-4-7(5-3-6)11(8,9)10;1-4-3-5(2)7-6-4;/h9,12H,3-8H2,1-2H3;8,11-12H,4-7H2,1-2H3;7,11-12H,3-6,8,13H2,1-2H3;7,10H,3-6H2,1-2H3;8H,2-7H2,1H3;7,9H,1-6H2;2-5H,1H3;3H,1-2H3,(H,6,7);. The number of carbonyl (C=O) groups is 1. The second-order valence-electron chi connectivity index (χ2n) is 29.7. The average molecular weight is 1450 g/mol. The van der Waals surface area contributed by atoms with Crippen LogP contribution in [0, 0.1) is 94.6 Å². The number of aliphatic hydroxyl groups excluding tert-OH is 1. The van der Waals surface area contributed by atoms with Crippen LogP contribution in [-0.2, 0) is 42.3 Å². The number of aliphatic hydroxyl groups is 1. The molecule has 0 atom stereocenters. The Morgan fingerprint density at radius 3 is 1.17 bits per heavy atom. The molecule has 0 bridgehead atoms. The Morgan fingerprint density at radius 2 is 0.863 bits per heavy atom. The van der Waals surface area contributed by atoms with Crippen molar-refractivity contribution in [1.82, 2.24) is 49.3 Å². The molecule has 25 heteroatoms. The Bertz CT molecular complexity index is 3550. The van der Waals surface area contributed by atoms with Gasteiger partial charge >= 0.3 is 0 Å². The van der Waals surface area contributed by atoms with Crippen LogP contribution in [0.25, 0.3) is 4.85 Å². The molecule has 6 aromatic rings. The topological polar surface area (TPSA) is 257 Å². The molecule has 563 valence electrons. The van der Waals surface area contributed by atoms with Crippen LogP contribution in [0.2, 0.25) is 0 Å². The lowest BCUT2D eigenvalue weighted by Crippen LogP contribution is -2.36. The zero-order valence-corrected chi connectivity index (χ0v) is 64.8. The van der Waals surface area contributed by atoms with Crippen molar-refractivity contribution in [3.05, 3.63) is 129 Å². The van der Waals surface area contributed by atoms with E-state index in [1.54, 1.807) is 12.1 Å². The van der Waals surface area contributed by atoms with Crippen LogP contribution in [0.1, 0.15) is 248 Å². The predicted octanol–water partition coefficient (Wildman–Crippen LogP) is 14.8. The number of nitrogens with zero attached hydrogens (tertiary/aromatic N) is 10. The van der Waals surface area contributed by atoms with Gasteiger partial charge < -0.3 is 44.1 Å². The maximum atomic E-state index is 11.1. The predicted molar refractivity (Wildman–Crippen MR) is 399 cm³/mol. The quantitative estimate of drug-likeness (QED) is 0.0795. The van der Waals surface area contributed by atoms with Crippen LogP contribution >= 0.6 is 10.7 Å². The molecule has 5 aromatic heterocycles. The number of nitrogens with two attached hydrogens (primary N) is 1. The van der Waals surface area contributed by atoms with Gasteiger partial charge in [0, 0.05) is 112 Å². The van der Waals surface area contributed by atoms with E-state index in [1.165, 1.54) is 73.4 Å². The number of ketones is 1. The van der Waals surface area contributed by atoms with E-state index in [-0.39, 0.29) is 42.8 Å². The minimum Gasteiger partial charge on any atom is -0.393 e. The molecule has 4 N–H and O–H groups in total. The molecular formula is C77H119BClN12O10S. The molecule has 15 rings (SSSR count). The van der Waals surface area contributed by atoms with Gasteiger partial charge in [-0.25, -0.2) is 15.0 Å². The highest BCUT2D eigenvalue weighted by molar-refractivity contribution is 8.13. The number of hydrogen-bond donors (Lipinski definition) is 3. The number of benzene rings is 1. The Kier molecular flexibility index (Phi) is 32.6. The maximum Gasteiger partial charge on any atom is 0.261 e. The summed E-state index contributed by atoms with van der Waals surface area (Å²) in [6.07, 6.45) is 24.8. The molecule has 3 radical (unpaired) electrons. The van der Waals surface area contributed by atoms with E-state index in [0.29, 0.717) is 30.0 Å². The van der Waals surface area contributed by atoms with Crippen LogP contribution in [-0.4, -0.2) is 153 Å². The minimum absolute atomic E-state index is 0. The molecule has 0 amide bonds. The van der Waals surface area contributed by atoms with E-state index in [2.05, 4.69) is 127 Å². The van der Waals surface area contributed by atoms with Crippen molar-refractivity contribution in [3.63, 3.8) is 0 Å². The van der Waals surface area contributed by atoms with Gasteiger partial charge in [0.2, 0.25) is 6.04 Å². The third kappa shape index (κ3) is 25.3. The number of aromatic amines is 1. The van der Waals surface area contributed by atoms with E-state index in [9.17, 15) is 18.3 Å². The van der Waals surface area contributed by atoms with Crippen molar-refractivity contribution in [2.75, 3.05) is 46.2 Å². The number of halogens is 1. The molecule has 6 aliphatic carbocycles. The number of carbonyl (C=O) groups excluding carboxylic acids is 1. The van der Waals surface area contributed by atoms with Crippen molar-refractivity contribution < 1.29 is 46.7 Å². The zero-order valence-electron chi connectivity index (χ0n) is 63.3. The highest BCUT2D eigenvalue weighted by atomic mass is 35.7. The Labute approximate surface area is 614 Å². The fraction of sp³-hybridized carbons (Fsp3) is 0.701. The first-order valence-corrected chi connectivity index (χ1v) is 39.7. The molecule has 6 saturated carbocycles. The van der Waals surface area contributed by atoms with Gasteiger partial charge in [0.05, 0.1) is 103 Å². The highest BCUT2D eigenvalue weighted by Gasteiger charge is 2.42. The number of H-pyrrole nitrogens is 1. The molecule has 3 saturated heterocycles. The Hall–Kier alpha value is -5.59. The van der Waals surface area contributed by atoms with Crippen LogP contribution in [0.3, 0.4) is 0 Å². The molecule has 8 heterocycles. The third-order valence-electron chi connectivity index (χ3n) is 21.1. The Morgan fingerprint density at radius 1 is 0.520 bits per heavy atom. The van der Waals surface area contributed by atoms with Gasteiger partial charge in [-0.2, -0.15) is 25.5 Å². The van der Waals surface area contributed by atoms with E-state index >= 15 is 0 Å². The molecule has 22 nitrogen and oxygen atoms in total. The minimum atomic E-state index is -3.55. The normalized spacial score (nSPS) is 24.2. The van der Waals surface area contributed by atoms with E-state index < -0.39 is 9.05 Å². The first kappa shape index (κ1) is 83.7. The second-order valence-corrected chi connectivity index (χ2v) is 32.2. The largest absolute Gasteiger partial charge is 0.393 e. The van der Waals surface area contributed by atoms with Crippen molar-refractivity contribution in [3.8, 4) is 0 Å². The van der Waals surface area contributed by atoms with Crippen molar-refractivity contribution in [1.29, 1.82) is 0 Å². The summed E-state index contributed by atoms with van der Waals surface area (Å²) < 4.78 is 63.7. The molecule has 102 heavy (non-hydrogen) atoms. The summed E-state index contributed by atoms with van der Waals surface area (Å²) in [4.78, 5) is 14.9. The number of aryl methyl sites for hydroxylation is 11. The summed E-state index contributed by atoms with van der Waals surface area (Å²) in [6.45, 7) is 37.2. The molecule has 9 aliphatic rings. The van der Waals surface area contributed by atoms with Gasteiger partial charge in [-0.3, -0.25) is 28.6 Å². The number of aromatic nitrogens is 10. The number of hydrogen-bond acceptors (Lipinski definition) is 16. The van der Waals surface area contributed by atoms with Gasteiger partial charge in [0.1, 0.15) is 5.78 Å². The fourth-order valence-electron chi connectivity index (χ4n) is 15.4. The summed E-state index contributed by atoms with van der Waals surface area (Å²) in [5, 5.41) is 34.1. The maximum absolute atomic E-state index is 11.1. The zero-order chi connectivity index (χ0) is 72.9. The fourth-order valence-corrected chi connectivity index (χ4v) is 16.2. The van der Waals surface area contributed by atoms with Crippen LogP contribution < -0.4 is 5.73 Å². The van der Waals surface area contributed by atoms with Gasteiger partial charge in [0.25, 0.3) is 9.05 Å². The number of Topliss-reactive ketones (excluding diaryl/α,β-unsaturated/α-hetero) is 1. The summed E-state index contributed by atoms with van der Waals surface area (Å²) in [6, 6.07) is 19.3. The van der Waals surface area contributed by atoms with Crippen molar-refractivity contribution >= 4 is 33.9 Å². The Balaban J connectivity index is 0.000000165. The first-order chi connectivity index (χ1) is 48.2. The molecule has 3 spiro atoms. The van der Waals surface area contributed by atoms with Crippen LogP contribution in [0.4, 0.5) is 0 Å². The van der Waals surface area contributed by atoms with E-state index in [1.807, 2.05) is 40.7 Å². The molecular weight excluding hydrogens is 1330 g/mol. The van der Waals surface area contributed by atoms with Crippen LogP contribution in [0.5, 0.6) is 0 Å². The molecule has 0 unspecified atom stereocenters. The third-order valence-corrected chi connectivity index (χ3v) is 22.5. The lowest BCUT2D eigenvalue weighted by molar-refractivity contribution is -0.187. The number of ether oxygens (including phenoxy) is 6. The summed E-state index contributed by atoms with van der Waals surface area (Å²) in [5.74, 6) is 1.31. The van der Waals surface area contributed by atoms with E-state index in [4.69, 9.17) is 51.4 Å². The van der Waals surface area contributed by atoms with Crippen molar-refractivity contribution in [2.45, 2.75) is 296 Å². The lowest BCUT2D eigenvalue weighted by Gasteiger charge is -2.35. The molecule has 1 aromatic carbocycles. The van der Waals surface area contributed by atoms with E-state index in [0.717, 1.165) is 213 Å². The number of nitrogens with one attached hydrogen (secondary N) is 1. The highest BCUT2D eigenvalue weighted by Crippen LogP contribution is 2.42. The van der Waals surface area contributed by atoms with Gasteiger partial charge in [-0.05, 0) is 227 Å². The van der Waals surface area contributed by atoms with Gasteiger partial charge in [0.15, 0.2) is 17.4 Å². The monoisotopic (exact) mass is 1450 g/mol. The average Bonchev–Trinajstić information content (AvgIpc) is 1.65. The van der Waals surface area contributed by atoms with Crippen LogP contribution in [0.15, 0.2) is 59.5 Å². The van der Waals surface area contributed by atoms with Gasteiger partial charge in [-0.1, -0.05) is 24.6 Å². The SMILES string of the molecule is CC1CCC2(CC1)OCCO2.Cc1cc(C)[nH]n1.Cc1cc(C)n(C2CCC(=O)CC2)n1.Cc1cc(C)n(C2CCC(CN)CC2)n1.Cc1cc(C)n(C2CCC3(CC2)OCCO3)n1.Cc1ccc(S(=O)(=O)Cl)cc1.OC1CCC2(CC1)OCCO2.[B].[C-]#[N+]C1CCC(n2nc(C)cc2C)CC1. The number of rotatable bonds is 6. The smallest absolute Gasteiger partial charge is 0.261 e. The lowest BCUT2D eigenvalue weighted by atomic mass is 9.86. The second kappa shape index (κ2) is 39.7. The summed E-state index contributed by atoms with van der Waals surface area (Å²) in [5.41, 5.74) is 18.3. The first-order valence-electron chi connectivity index (χ1n) is 37.4. The molecule has 9 fully saturated rings. The van der Waals surface area contributed by atoms with Gasteiger partial charge in [-0.15, -0.1) is 0 Å².